The molecule has 1 unspecified atom stereocenters. The summed E-state index contributed by atoms with van der Waals surface area (Å²) in [4.78, 5) is 0. The number of rotatable bonds is 3. The van der Waals surface area contributed by atoms with Crippen LogP contribution in [0.15, 0.2) is 24.4 Å². The van der Waals surface area contributed by atoms with Gasteiger partial charge in [0, 0.05) is 17.6 Å². The highest BCUT2D eigenvalue weighted by Gasteiger charge is 2.21. The van der Waals surface area contributed by atoms with Crippen LogP contribution in [0.2, 0.25) is 5.02 Å². The number of aliphatic hydroxyl groups excluding tert-OH is 1. The highest BCUT2D eigenvalue weighted by atomic mass is 35.5. The van der Waals surface area contributed by atoms with Gasteiger partial charge < -0.3 is 9.84 Å². The maximum absolute atomic E-state index is 10.5. The van der Waals surface area contributed by atoms with Gasteiger partial charge in [0.2, 0.25) is 0 Å². The Morgan fingerprint density at radius 1 is 1.44 bits per heavy atom. The van der Waals surface area contributed by atoms with E-state index in [1.165, 1.54) is 0 Å². The van der Waals surface area contributed by atoms with E-state index in [0.717, 1.165) is 11.3 Å². The lowest BCUT2D eigenvalue weighted by molar-refractivity contribution is 0.204. The Labute approximate surface area is 111 Å². The topological polar surface area (TPSA) is 47.3 Å². The van der Waals surface area contributed by atoms with Crippen molar-refractivity contribution in [2.75, 3.05) is 7.11 Å². The first-order valence-electron chi connectivity index (χ1n) is 5.54. The molecule has 0 amide bonds. The largest absolute Gasteiger partial charge is 0.496 e. The fourth-order valence-electron chi connectivity index (χ4n) is 2.02. The summed E-state index contributed by atoms with van der Waals surface area (Å²) < 4.78 is 6.90. The number of hydrogen-bond acceptors (Lipinski definition) is 3. The molecule has 0 radical (unpaired) electrons. The van der Waals surface area contributed by atoms with Gasteiger partial charge in [-0.1, -0.05) is 11.6 Å². The lowest BCUT2D eigenvalue weighted by Gasteiger charge is -2.16. The molecule has 0 aliphatic rings. The molecule has 1 aromatic carbocycles. The van der Waals surface area contributed by atoms with E-state index in [1.807, 2.05) is 6.92 Å². The Hall–Kier alpha value is -1.52. The molecule has 1 atom stereocenters. The molecular weight excluding hydrogens is 252 g/mol. The van der Waals surface area contributed by atoms with E-state index in [9.17, 15) is 5.11 Å². The molecule has 1 heterocycles. The molecule has 0 bridgehead atoms. The minimum absolute atomic E-state index is 0.560. The van der Waals surface area contributed by atoms with Crippen LogP contribution < -0.4 is 4.74 Å². The van der Waals surface area contributed by atoms with Crippen molar-refractivity contribution < 1.29 is 9.84 Å². The molecule has 0 saturated carbocycles. The summed E-state index contributed by atoms with van der Waals surface area (Å²) in [6.45, 7) is 1.91. The fraction of sp³-hybridized carbons (Fsp3) is 0.308. The Kier molecular flexibility index (Phi) is 3.59. The predicted octanol–water partition coefficient (Wildman–Crippen LogP) is 2.47. The molecule has 2 rings (SSSR count). The first-order chi connectivity index (χ1) is 8.54. The van der Waals surface area contributed by atoms with Crippen LogP contribution in [-0.4, -0.2) is 22.0 Å². The lowest BCUT2D eigenvalue weighted by atomic mass is 10.0. The number of aliphatic hydroxyl groups is 1. The van der Waals surface area contributed by atoms with Gasteiger partial charge in [-0.25, -0.2) is 0 Å². The standard InChI is InChI=1S/C13H15ClN2O2/c1-8-7-15-16(2)12(8)13(17)10-6-9(14)4-5-11(10)18-3/h4-7,13,17H,1-3H3. The smallest absolute Gasteiger partial charge is 0.125 e. The van der Waals surface area contributed by atoms with Crippen LogP contribution in [0.5, 0.6) is 5.75 Å². The Bertz CT molecular complexity index is 547. The van der Waals surface area contributed by atoms with Crippen LogP contribution in [0, 0.1) is 6.92 Å². The maximum atomic E-state index is 10.5. The lowest BCUT2D eigenvalue weighted by Crippen LogP contribution is -2.09. The van der Waals surface area contributed by atoms with Gasteiger partial charge in [0.05, 0.1) is 19.0 Å². The van der Waals surface area contributed by atoms with Gasteiger partial charge in [-0.05, 0) is 30.7 Å². The SMILES string of the molecule is COc1ccc(Cl)cc1C(O)c1c(C)cnn1C. The molecule has 0 fully saturated rings. The summed E-state index contributed by atoms with van der Waals surface area (Å²) in [7, 11) is 3.36. The third kappa shape index (κ3) is 2.21. The van der Waals surface area contributed by atoms with E-state index in [2.05, 4.69) is 5.10 Å². The predicted molar refractivity (Wildman–Crippen MR) is 70.0 cm³/mol. The molecule has 0 aliphatic carbocycles. The van der Waals surface area contributed by atoms with Gasteiger partial charge in [0.25, 0.3) is 0 Å². The second kappa shape index (κ2) is 5.00. The van der Waals surface area contributed by atoms with Gasteiger partial charge in [0.15, 0.2) is 0 Å². The van der Waals surface area contributed by atoms with E-state index >= 15 is 0 Å². The van der Waals surface area contributed by atoms with Crippen LogP contribution in [0.4, 0.5) is 0 Å². The van der Waals surface area contributed by atoms with Crippen molar-refractivity contribution >= 4 is 11.6 Å². The highest BCUT2D eigenvalue weighted by molar-refractivity contribution is 6.30. The van der Waals surface area contributed by atoms with Crippen molar-refractivity contribution in [2.24, 2.45) is 7.05 Å². The molecule has 18 heavy (non-hydrogen) atoms. The number of methoxy groups -OCH3 is 1. The maximum Gasteiger partial charge on any atom is 0.125 e. The summed E-state index contributed by atoms with van der Waals surface area (Å²) in [5, 5.41) is 15.2. The monoisotopic (exact) mass is 266 g/mol. The van der Waals surface area contributed by atoms with Crippen molar-refractivity contribution in [2.45, 2.75) is 13.0 Å². The first-order valence-corrected chi connectivity index (χ1v) is 5.92. The Balaban J connectivity index is 2.51. The van der Waals surface area contributed by atoms with E-state index in [4.69, 9.17) is 16.3 Å². The molecule has 1 aromatic heterocycles. The van der Waals surface area contributed by atoms with Crippen LogP contribution >= 0.6 is 11.6 Å². The number of hydrogen-bond donors (Lipinski definition) is 1. The van der Waals surface area contributed by atoms with Gasteiger partial charge in [-0.3, -0.25) is 4.68 Å². The van der Waals surface area contributed by atoms with Crippen molar-refractivity contribution in [3.05, 3.63) is 46.2 Å². The number of aromatic nitrogens is 2. The average Bonchev–Trinajstić information content (AvgIpc) is 2.68. The van der Waals surface area contributed by atoms with E-state index in [-0.39, 0.29) is 0 Å². The van der Waals surface area contributed by atoms with Crippen molar-refractivity contribution in [1.29, 1.82) is 0 Å². The normalized spacial score (nSPS) is 12.5. The number of nitrogens with zero attached hydrogens (tertiary/aromatic N) is 2. The molecular formula is C13H15ClN2O2. The number of aryl methyl sites for hydroxylation is 2. The number of ether oxygens (including phenoxy) is 1. The van der Waals surface area contributed by atoms with Crippen LogP contribution in [0.25, 0.3) is 0 Å². The van der Waals surface area contributed by atoms with Gasteiger partial charge in [-0.15, -0.1) is 0 Å². The van der Waals surface area contributed by atoms with Crippen molar-refractivity contribution in [3.63, 3.8) is 0 Å². The molecule has 0 aliphatic heterocycles. The van der Waals surface area contributed by atoms with E-state index in [0.29, 0.717) is 16.3 Å². The summed E-state index contributed by atoms with van der Waals surface area (Å²) >= 11 is 5.97. The van der Waals surface area contributed by atoms with Crippen LogP contribution in [-0.2, 0) is 7.05 Å². The third-order valence-corrected chi connectivity index (χ3v) is 3.16. The third-order valence-electron chi connectivity index (χ3n) is 2.92. The van der Waals surface area contributed by atoms with Crippen LogP contribution in [0.3, 0.4) is 0 Å². The minimum Gasteiger partial charge on any atom is -0.496 e. The summed E-state index contributed by atoms with van der Waals surface area (Å²) in [6, 6.07) is 5.18. The number of halogens is 1. The van der Waals surface area contributed by atoms with Gasteiger partial charge >= 0.3 is 0 Å². The molecule has 5 heteroatoms. The fourth-order valence-corrected chi connectivity index (χ4v) is 2.20. The number of benzene rings is 1. The quantitative estimate of drug-likeness (QED) is 0.928. The molecule has 2 aromatic rings. The van der Waals surface area contributed by atoms with Crippen molar-refractivity contribution in [3.8, 4) is 5.75 Å². The van der Waals surface area contributed by atoms with E-state index < -0.39 is 6.10 Å². The average molecular weight is 267 g/mol. The summed E-state index contributed by atoms with van der Waals surface area (Å²) in [5.41, 5.74) is 2.29. The second-order valence-electron chi connectivity index (χ2n) is 4.13. The highest BCUT2D eigenvalue weighted by Crippen LogP contribution is 2.33. The molecule has 96 valence electrons. The Morgan fingerprint density at radius 2 is 2.17 bits per heavy atom. The molecule has 0 spiro atoms. The Morgan fingerprint density at radius 3 is 2.72 bits per heavy atom. The molecule has 4 nitrogen and oxygen atoms in total. The second-order valence-corrected chi connectivity index (χ2v) is 4.56. The zero-order valence-electron chi connectivity index (χ0n) is 10.5. The van der Waals surface area contributed by atoms with E-state index in [1.54, 1.807) is 43.2 Å². The van der Waals surface area contributed by atoms with Gasteiger partial charge in [0.1, 0.15) is 11.9 Å². The molecule has 0 saturated heterocycles. The van der Waals surface area contributed by atoms with Crippen molar-refractivity contribution in [1.82, 2.24) is 9.78 Å². The summed E-state index contributed by atoms with van der Waals surface area (Å²) in [5.74, 6) is 0.604. The summed E-state index contributed by atoms with van der Waals surface area (Å²) in [6.07, 6.45) is 0.904. The van der Waals surface area contributed by atoms with Crippen LogP contribution in [0.1, 0.15) is 22.9 Å². The van der Waals surface area contributed by atoms with Gasteiger partial charge in [-0.2, -0.15) is 5.10 Å². The zero-order chi connectivity index (χ0) is 13.3. The minimum atomic E-state index is -0.814. The molecule has 1 N–H and O–H groups in total. The zero-order valence-corrected chi connectivity index (χ0v) is 11.3. The first kappa shape index (κ1) is 12.9.